The number of aliphatic imine (C=N–C) groups is 1. The molecule has 0 spiro atoms. The van der Waals surface area contributed by atoms with Gasteiger partial charge in [0, 0.05) is 38.3 Å². The zero-order valence-corrected chi connectivity index (χ0v) is 17.2. The molecule has 0 bridgehead atoms. The third kappa shape index (κ3) is 6.61. The highest BCUT2D eigenvalue weighted by Gasteiger charge is 2.16. The van der Waals surface area contributed by atoms with Crippen LogP contribution >= 0.6 is 0 Å². The van der Waals surface area contributed by atoms with E-state index >= 15 is 0 Å². The van der Waals surface area contributed by atoms with Crippen molar-refractivity contribution in [1.29, 1.82) is 0 Å². The minimum atomic E-state index is -2.96. The van der Waals surface area contributed by atoms with E-state index in [1.807, 2.05) is 6.07 Å². The molecule has 0 aromatic heterocycles. The predicted molar refractivity (Wildman–Crippen MR) is 111 cm³/mol. The molecular weight excluding hydrogens is 394 g/mol. The number of hydrogen-bond acceptors (Lipinski definition) is 4. The summed E-state index contributed by atoms with van der Waals surface area (Å²) in [5.74, 6) is 0.548. The number of nitrogens with zero attached hydrogens (tertiary/aromatic N) is 1. The summed E-state index contributed by atoms with van der Waals surface area (Å²) in [5.41, 5.74) is 1.95. The number of ether oxygens (including phenoxy) is 2. The second-order valence-electron chi connectivity index (χ2n) is 6.11. The summed E-state index contributed by atoms with van der Waals surface area (Å²) in [6, 6.07) is 12.1. The van der Waals surface area contributed by atoms with Crippen LogP contribution in [0.2, 0.25) is 0 Å². The fourth-order valence-electron chi connectivity index (χ4n) is 2.74. The topological polar surface area (TPSA) is 84.0 Å². The van der Waals surface area contributed by atoms with E-state index in [1.54, 1.807) is 57.4 Å². The van der Waals surface area contributed by atoms with Gasteiger partial charge in [0.15, 0.2) is 17.5 Å². The summed E-state index contributed by atoms with van der Waals surface area (Å²) < 4.78 is 35.8. The van der Waals surface area contributed by atoms with Crippen molar-refractivity contribution >= 4 is 11.9 Å². The Morgan fingerprint density at radius 3 is 2.53 bits per heavy atom. The van der Waals surface area contributed by atoms with E-state index in [2.05, 4.69) is 25.7 Å². The fourth-order valence-corrected chi connectivity index (χ4v) is 2.74. The molecule has 0 saturated carbocycles. The van der Waals surface area contributed by atoms with Gasteiger partial charge in [0.1, 0.15) is 0 Å². The van der Waals surface area contributed by atoms with Crippen LogP contribution in [0, 0.1) is 0 Å². The van der Waals surface area contributed by atoms with Crippen LogP contribution in [0.5, 0.6) is 11.5 Å². The maximum absolute atomic E-state index is 12.8. The van der Waals surface area contributed by atoms with Crippen LogP contribution in [0.1, 0.15) is 28.4 Å². The molecule has 2 rings (SSSR count). The van der Waals surface area contributed by atoms with E-state index in [9.17, 15) is 13.6 Å². The van der Waals surface area contributed by atoms with E-state index in [0.29, 0.717) is 30.2 Å². The van der Waals surface area contributed by atoms with Crippen LogP contribution < -0.4 is 25.4 Å². The van der Waals surface area contributed by atoms with Crippen molar-refractivity contribution < 1.29 is 23.0 Å². The van der Waals surface area contributed by atoms with E-state index in [-0.39, 0.29) is 24.0 Å². The minimum absolute atomic E-state index is 0.00409. The Balaban J connectivity index is 2.04. The quantitative estimate of drug-likeness (QED) is 0.429. The summed E-state index contributed by atoms with van der Waals surface area (Å²) in [6.45, 7) is -0.253. The zero-order valence-electron chi connectivity index (χ0n) is 17.2. The minimum Gasteiger partial charge on any atom is -0.490 e. The van der Waals surface area contributed by atoms with E-state index < -0.39 is 6.61 Å². The summed E-state index contributed by atoms with van der Waals surface area (Å²) in [7, 11) is 3.18. The molecule has 0 saturated heterocycles. The van der Waals surface area contributed by atoms with Crippen LogP contribution in [-0.2, 0) is 13.1 Å². The summed E-state index contributed by atoms with van der Waals surface area (Å²) in [4.78, 5) is 15.9. The van der Waals surface area contributed by atoms with E-state index in [4.69, 9.17) is 4.74 Å². The lowest BCUT2D eigenvalue weighted by Crippen LogP contribution is -2.36. The number of amides is 1. The Kier molecular flexibility index (Phi) is 8.86. The molecule has 0 atom stereocenters. The Bertz CT molecular complexity index is 875. The summed E-state index contributed by atoms with van der Waals surface area (Å²) >= 11 is 0. The number of guanidine groups is 1. The van der Waals surface area contributed by atoms with Gasteiger partial charge in [-0.15, -0.1) is 0 Å². The SMILES string of the molecule is CCOc1cccc(CNC(=NC)NCc2cccc(C(=O)NC)c2)c1OC(F)F. The van der Waals surface area contributed by atoms with Crippen LogP contribution in [0.25, 0.3) is 0 Å². The maximum Gasteiger partial charge on any atom is 0.387 e. The molecule has 0 aliphatic rings. The predicted octanol–water partition coefficient (Wildman–Crippen LogP) is 2.91. The average molecular weight is 420 g/mol. The standard InChI is InChI=1S/C21H26F2N4O3/c1-4-29-17-10-6-9-16(18(17)30-20(22)23)13-27-21(25-3)26-12-14-7-5-8-15(11-14)19(28)24-2/h5-11,20H,4,12-13H2,1-3H3,(H,24,28)(H2,25,26,27). The first-order valence-corrected chi connectivity index (χ1v) is 9.43. The number of benzene rings is 2. The van der Waals surface area contributed by atoms with Crippen molar-refractivity contribution in [3.63, 3.8) is 0 Å². The number of nitrogens with one attached hydrogen (secondary N) is 3. The molecule has 2 aromatic carbocycles. The number of halogens is 2. The smallest absolute Gasteiger partial charge is 0.387 e. The van der Waals surface area contributed by atoms with Gasteiger partial charge in [-0.3, -0.25) is 9.79 Å². The molecular formula is C21H26F2N4O3. The molecule has 30 heavy (non-hydrogen) atoms. The first-order valence-electron chi connectivity index (χ1n) is 9.43. The lowest BCUT2D eigenvalue weighted by Gasteiger charge is -2.17. The molecule has 0 unspecified atom stereocenters. The molecule has 0 radical (unpaired) electrons. The largest absolute Gasteiger partial charge is 0.490 e. The second-order valence-corrected chi connectivity index (χ2v) is 6.11. The Labute approximate surface area is 174 Å². The number of para-hydroxylation sites is 1. The fraction of sp³-hybridized carbons (Fsp3) is 0.333. The lowest BCUT2D eigenvalue weighted by atomic mass is 10.1. The number of rotatable bonds is 9. The molecule has 7 nitrogen and oxygen atoms in total. The molecule has 2 aromatic rings. The third-order valence-electron chi connectivity index (χ3n) is 4.11. The molecule has 3 N–H and O–H groups in total. The van der Waals surface area contributed by atoms with Crippen LogP contribution in [0.3, 0.4) is 0 Å². The number of hydrogen-bond donors (Lipinski definition) is 3. The molecule has 0 aliphatic carbocycles. The molecule has 0 fully saturated rings. The molecule has 1 amide bonds. The van der Waals surface area contributed by atoms with Crippen molar-refractivity contribution in [2.45, 2.75) is 26.6 Å². The Morgan fingerprint density at radius 2 is 1.87 bits per heavy atom. The lowest BCUT2D eigenvalue weighted by molar-refractivity contribution is -0.0520. The van der Waals surface area contributed by atoms with Gasteiger partial charge in [-0.25, -0.2) is 0 Å². The maximum atomic E-state index is 12.8. The van der Waals surface area contributed by atoms with E-state index in [0.717, 1.165) is 5.56 Å². The second kappa shape index (κ2) is 11.6. The van der Waals surface area contributed by atoms with Gasteiger partial charge in [0.2, 0.25) is 0 Å². The Morgan fingerprint density at radius 1 is 1.13 bits per heavy atom. The van der Waals surface area contributed by atoms with Gasteiger partial charge >= 0.3 is 6.61 Å². The molecule has 9 heteroatoms. The van der Waals surface area contributed by atoms with Gasteiger partial charge < -0.3 is 25.4 Å². The van der Waals surface area contributed by atoms with Crippen molar-refractivity contribution in [3.8, 4) is 11.5 Å². The molecule has 162 valence electrons. The highest BCUT2D eigenvalue weighted by atomic mass is 19.3. The van der Waals surface area contributed by atoms with Gasteiger partial charge in [0.25, 0.3) is 5.91 Å². The van der Waals surface area contributed by atoms with Crippen molar-refractivity contribution in [3.05, 3.63) is 59.2 Å². The van der Waals surface area contributed by atoms with Crippen LogP contribution in [0.15, 0.2) is 47.5 Å². The normalized spacial score (nSPS) is 11.2. The molecule has 0 heterocycles. The number of carbonyl (C=O) groups is 1. The van der Waals surface area contributed by atoms with E-state index in [1.165, 1.54) is 0 Å². The van der Waals surface area contributed by atoms with Crippen LogP contribution in [0.4, 0.5) is 8.78 Å². The highest BCUT2D eigenvalue weighted by Crippen LogP contribution is 2.32. The van der Waals surface area contributed by atoms with Gasteiger partial charge in [-0.05, 0) is 30.7 Å². The van der Waals surface area contributed by atoms with Crippen molar-refractivity contribution in [1.82, 2.24) is 16.0 Å². The first-order chi connectivity index (χ1) is 14.5. The third-order valence-corrected chi connectivity index (χ3v) is 4.11. The first kappa shape index (κ1) is 22.9. The van der Waals surface area contributed by atoms with Crippen LogP contribution in [-0.4, -0.2) is 39.2 Å². The van der Waals surface area contributed by atoms with Crippen molar-refractivity contribution in [2.75, 3.05) is 20.7 Å². The highest BCUT2D eigenvalue weighted by molar-refractivity contribution is 5.94. The number of carbonyl (C=O) groups excluding carboxylic acids is 1. The van der Waals surface area contributed by atoms with Gasteiger partial charge in [0.05, 0.1) is 6.61 Å². The summed E-state index contributed by atoms with van der Waals surface area (Å²) in [6.07, 6.45) is 0. The number of alkyl halides is 2. The monoisotopic (exact) mass is 420 g/mol. The summed E-state index contributed by atoms with van der Waals surface area (Å²) in [5, 5.41) is 8.78. The van der Waals surface area contributed by atoms with Gasteiger partial charge in [-0.1, -0.05) is 24.3 Å². The van der Waals surface area contributed by atoms with Crippen molar-refractivity contribution in [2.24, 2.45) is 4.99 Å². The van der Waals surface area contributed by atoms with Gasteiger partial charge in [-0.2, -0.15) is 8.78 Å². The average Bonchev–Trinajstić information content (AvgIpc) is 2.75. The molecule has 0 aliphatic heterocycles. The zero-order chi connectivity index (χ0) is 21.9. The Hall–Kier alpha value is -3.36.